The first kappa shape index (κ1) is 8.63. The maximum absolute atomic E-state index is 12.5. The first-order valence-electron chi connectivity index (χ1n) is 4.63. The zero-order valence-electron chi connectivity index (χ0n) is 7.41. The fourth-order valence-electron chi connectivity index (χ4n) is 1.46. The van der Waals surface area contributed by atoms with Gasteiger partial charge in [-0.05, 0) is 24.0 Å². The van der Waals surface area contributed by atoms with Crippen LogP contribution < -0.4 is 5.73 Å². The van der Waals surface area contributed by atoms with Crippen LogP contribution in [0.15, 0.2) is 18.3 Å². The summed E-state index contributed by atoms with van der Waals surface area (Å²) in [7, 11) is 0. The maximum atomic E-state index is 12.5. The van der Waals surface area contributed by atoms with E-state index < -0.39 is 5.95 Å². The first-order valence-corrected chi connectivity index (χ1v) is 4.63. The number of rotatable bonds is 3. The van der Waals surface area contributed by atoms with Crippen molar-refractivity contribution in [1.29, 1.82) is 0 Å². The van der Waals surface area contributed by atoms with Crippen molar-refractivity contribution in [1.82, 2.24) is 4.98 Å². The van der Waals surface area contributed by atoms with Crippen LogP contribution >= 0.6 is 0 Å². The third-order valence-corrected chi connectivity index (χ3v) is 2.46. The summed E-state index contributed by atoms with van der Waals surface area (Å²) in [4.78, 5) is 3.58. The summed E-state index contributed by atoms with van der Waals surface area (Å²) in [5.74, 6) is 0.349. The second kappa shape index (κ2) is 3.42. The van der Waals surface area contributed by atoms with Gasteiger partial charge in [-0.3, -0.25) is 0 Å². The Balaban J connectivity index is 2.01. The lowest BCUT2D eigenvalue weighted by atomic mass is 10.0. The molecule has 1 atom stereocenters. The summed E-state index contributed by atoms with van der Waals surface area (Å²) in [6.07, 6.45) is 5.13. The van der Waals surface area contributed by atoms with Gasteiger partial charge >= 0.3 is 0 Å². The van der Waals surface area contributed by atoms with E-state index in [1.165, 1.54) is 25.1 Å². The zero-order valence-corrected chi connectivity index (χ0v) is 7.41. The van der Waals surface area contributed by atoms with Gasteiger partial charge < -0.3 is 5.73 Å². The lowest BCUT2D eigenvalue weighted by Crippen LogP contribution is -2.11. The highest BCUT2D eigenvalue weighted by atomic mass is 19.1. The molecular weight excluding hydrogens is 167 g/mol. The molecule has 1 fully saturated rings. The van der Waals surface area contributed by atoms with Crippen molar-refractivity contribution in [2.75, 3.05) is 0 Å². The number of nitrogens with two attached hydrogens (primary N) is 1. The Morgan fingerprint density at radius 3 is 2.85 bits per heavy atom. The molecule has 1 aliphatic carbocycles. The van der Waals surface area contributed by atoms with Crippen molar-refractivity contribution < 1.29 is 4.39 Å². The van der Waals surface area contributed by atoms with E-state index in [9.17, 15) is 4.39 Å². The quantitative estimate of drug-likeness (QED) is 0.723. The van der Waals surface area contributed by atoms with Crippen LogP contribution in [0.3, 0.4) is 0 Å². The van der Waals surface area contributed by atoms with E-state index in [0.29, 0.717) is 0 Å². The Hall–Kier alpha value is -0.960. The van der Waals surface area contributed by atoms with Crippen LogP contribution in [0.1, 0.15) is 30.9 Å². The van der Waals surface area contributed by atoms with Gasteiger partial charge in [0.1, 0.15) is 0 Å². The van der Waals surface area contributed by atoms with E-state index in [0.717, 1.165) is 17.9 Å². The second-order valence-corrected chi connectivity index (χ2v) is 3.70. The zero-order chi connectivity index (χ0) is 9.26. The Morgan fingerprint density at radius 2 is 2.31 bits per heavy atom. The summed E-state index contributed by atoms with van der Waals surface area (Å²) < 4.78 is 12.5. The van der Waals surface area contributed by atoms with Crippen LogP contribution in [-0.4, -0.2) is 4.98 Å². The van der Waals surface area contributed by atoms with Gasteiger partial charge in [0.25, 0.3) is 0 Å². The number of hydrogen-bond acceptors (Lipinski definition) is 2. The van der Waals surface area contributed by atoms with Gasteiger partial charge in [-0.2, -0.15) is 4.39 Å². The van der Waals surface area contributed by atoms with Crippen molar-refractivity contribution in [2.45, 2.75) is 25.3 Å². The molecule has 2 nitrogen and oxygen atoms in total. The highest BCUT2D eigenvalue weighted by Crippen LogP contribution is 2.36. The van der Waals surface area contributed by atoms with Crippen molar-refractivity contribution in [2.24, 2.45) is 11.7 Å². The third kappa shape index (κ3) is 2.25. The van der Waals surface area contributed by atoms with Crippen molar-refractivity contribution >= 4 is 0 Å². The fraction of sp³-hybridized carbons (Fsp3) is 0.500. The lowest BCUT2D eigenvalue weighted by Gasteiger charge is -2.09. The molecule has 1 aromatic rings. The van der Waals surface area contributed by atoms with Gasteiger partial charge in [-0.1, -0.05) is 18.9 Å². The Morgan fingerprint density at radius 1 is 1.54 bits per heavy atom. The molecule has 1 saturated carbocycles. The topological polar surface area (TPSA) is 38.9 Å². The Labute approximate surface area is 77.0 Å². The van der Waals surface area contributed by atoms with Crippen molar-refractivity contribution in [3.63, 3.8) is 0 Å². The predicted molar refractivity (Wildman–Crippen MR) is 48.5 cm³/mol. The normalized spacial score (nSPS) is 18.6. The molecule has 0 saturated heterocycles. The van der Waals surface area contributed by atoms with Gasteiger partial charge in [0, 0.05) is 12.2 Å². The summed E-state index contributed by atoms with van der Waals surface area (Å²) in [5.41, 5.74) is 6.86. The van der Waals surface area contributed by atoms with Crippen LogP contribution in [0.2, 0.25) is 0 Å². The summed E-state index contributed by atoms with van der Waals surface area (Å²) in [6, 6.07) is 3.11. The second-order valence-electron chi connectivity index (χ2n) is 3.70. The predicted octanol–water partition coefficient (Wildman–Crippen LogP) is 2.02. The molecule has 3 heteroatoms. The number of halogens is 1. The van der Waals surface area contributed by atoms with E-state index >= 15 is 0 Å². The van der Waals surface area contributed by atoms with Crippen LogP contribution in [0.5, 0.6) is 0 Å². The van der Waals surface area contributed by atoms with Crippen LogP contribution in [-0.2, 0) is 0 Å². The van der Waals surface area contributed by atoms with Gasteiger partial charge in [-0.15, -0.1) is 0 Å². The molecule has 2 N–H and O–H groups in total. The number of nitrogens with zero attached hydrogens (tertiary/aromatic N) is 1. The van der Waals surface area contributed by atoms with Crippen molar-refractivity contribution in [3.8, 4) is 0 Å². The molecule has 0 amide bonds. The van der Waals surface area contributed by atoms with Gasteiger partial charge in [-0.25, -0.2) is 4.98 Å². The highest BCUT2D eigenvalue weighted by molar-refractivity contribution is 5.14. The van der Waals surface area contributed by atoms with Gasteiger partial charge in [0.05, 0.1) is 0 Å². The maximum Gasteiger partial charge on any atom is 0.212 e. The molecule has 0 aromatic carbocycles. The minimum absolute atomic E-state index is 0.0283. The average molecular weight is 180 g/mol. The molecule has 70 valence electrons. The molecule has 0 radical (unpaired) electrons. The molecule has 1 aromatic heterocycles. The van der Waals surface area contributed by atoms with E-state index in [1.54, 1.807) is 6.07 Å². The molecule has 1 aliphatic rings. The van der Waals surface area contributed by atoms with E-state index in [1.807, 2.05) is 0 Å². The van der Waals surface area contributed by atoms with E-state index in [-0.39, 0.29) is 6.04 Å². The third-order valence-electron chi connectivity index (χ3n) is 2.46. The van der Waals surface area contributed by atoms with Crippen molar-refractivity contribution in [3.05, 3.63) is 29.8 Å². The fourth-order valence-corrected chi connectivity index (χ4v) is 1.46. The molecule has 0 spiro atoms. The van der Waals surface area contributed by atoms with Gasteiger partial charge in [0.15, 0.2) is 0 Å². The first-order chi connectivity index (χ1) is 6.25. The molecular formula is C10H13FN2. The Kier molecular flexibility index (Phi) is 2.27. The smallest absolute Gasteiger partial charge is 0.212 e. The highest BCUT2D eigenvalue weighted by Gasteiger charge is 2.24. The Bertz CT molecular complexity index is 279. The molecule has 0 aliphatic heterocycles. The molecule has 2 rings (SSSR count). The summed E-state index contributed by atoms with van der Waals surface area (Å²) >= 11 is 0. The molecule has 1 unspecified atom stereocenters. The van der Waals surface area contributed by atoms with Crippen LogP contribution in [0, 0.1) is 11.9 Å². The van der Waals surface area contributed by atoms with Crippen LogP contribution in [0.25, 0.3) is 0 Å². The summed E-state index contributed by atoms with van der Waals surface area (Å²) in [5, 5.41) is 0. The number of pyridine rings is 1. The minimum atomic E-state index is -0.442. The average Bonchev–Trinajstić information content (AvgIpc) is 2.89. The minimum Gasteiger partial charge on any atom is -0.324 e. The summed E-state index contributed by atoms with van der Waals surface area (Å²) in [6.45, 7) is 0. The number of hydrogen-bond donors (Lipinski definition) is 1. The largest absolute Gasteiger partial charge is 0.324 e. The van der Waals surface area contributed by atoms with E-state index in [4.69, 9.17) is 5.73 Å². The van der Waals surface area contributed by atoms with Gasteiger partial charge in [0.2, 0.25) is 5.95 Å². The molecule has 0 bridgehead atoms. The SMILES string of the molecule is NC(CC1CC1)c1ccc(F)nc1. The molecule has 1 heterocycles. The molecule has 13 heavy (non-hydrogen) atoms. The standard InChI is InChI=1S/C10H13FN2/c11-10-4-3-8(6-13-10)9(12)5-7-1-2-7/h3-4,6-7,9H,1-2,5,12H2. The number of aromatic nitrogens is 1. The lowest BCUT2D eigenvalue weighted by molar-refractivity contribution is 0.567. The van der Waals surface area contributed by atoms with E-state index in [2.05, 4.69) is 4.98 Å². The monoisotopic (exact) mass is 180 g/mol. The van der Waals surface area contributed by atoms with Crippen LogP contribution in [0.4, 0.5) is 4.39 Å².